The van der Waals surface area contributed by atoms with E-state index < -0.39 is 5.92 Å². The molecule has 0 fully saturated rings. The van der Waals surface area contributed by atoms with Gasteiger partial charge in [0.1, 0.15) is 11.5 Å². The molecule has 0 bridgehead atoms. The molecule has 2 aromatic carbocycles. The van der Waals surface area contributed by atoms with E-state index in [4.69, 9.17) is 23.7 Å². The number of rotatable bonds is 8. The summed E-state index contributed by atoms with van der Waals surface area (Å²) in [6.07, 6.45) is 0. The number of carbonyl (C=O) groups is 1. The van der Waals surface area contributed by atoms with E-state index in [2.05, 4.69) is 0 Å². The monoisotopic (exact) mass is 376 g/mol. The fourth-order valence-electron chi connectivity index (χ4n) is 3.08. The molecule has 7 nitrogen and oxygen atoms in total. The van der Waals surface area contributed by atoms with Crippen molar-refractivity contribution in [2.45, 2.75) is 12.8 Å². The van der Waals surface area contributed by atoms with Gasteiger partial charge >= 0.3 is 0 Å². The summed E-state index contributed by atoms with van der Waals surface area (Å²) in [5.41, 5.74) is 0.899. The van der Waals surface area contributed by atoms with Crippen LogP contribution in [-0.4, -0.2) is 46.4 Å². The zero-order valence-electron chi connectivity index (χ0n) is 16.3. The van der Waals surface area contributed by atoms with Gasteiger partial charge in [0, 0.05) is 6.07 Å². The van der Waals surface area contributed by atoms with Crippen molar-refractivity contribution in [2.75, 3.05) is 35.5 Å². The van der Waals surface area contributed by atoms with Crippen molar-refractivity contribution in [2.24, 2.45) is 0 Å². The number of carbonyl (C=O) groups excluding carboxylic acids is 1. The van der Waals surface area contributed by atoms with Crippen LogP contribution in [0.25, 0.3) is 0 Å². The summed E-state index contributed by atoms with van der Waals surface area (Å²) in [6, 6.07) is 6.53. The quantitative estimate of drug-likeness (QED) is 0.758. The average molecular weight is 376 g/mol. The predicted molar refractivity (Wildman–Crippen MR) is 99.8 cm³/mol. The first-order chi connectivity index (χ1) is 12.9. The molecule has 1 atom stereocenters. The second kappa shape index (κ2) is 8.53. The van der Waals surface area contributed by atoms with E-state index in [0.717, 1.165) is 0 Å². The van der Waals surface area contributed by atoms with Crippen LogP contribution in [0, 0.1) is 0 Å². The lowest BCUT2D eigenvalue weighted by molar-refractivity contribution is -0.117. The SMILES string of the molecule is COc1ccc(C(C(C)=O)c2c(O)cc(OC)c(OC)c2OC)cc1OC. The summed E-state index contributed by atoms with van der Waals surface area (Å²) in [7, 11) is 7.39. The minimum Gasteiger partial charge on any atom is -0.507 e. The number of hydrogen-bond acceptors (Lipinski definition) is 7. The van der Waals surface area contributed by atoms with Crippen molar-refractivity contribution in [1.82, 2.24) is 0 Å². The molecule has 7 heteroatoms. The molecule has 0 aliphatic rings. The van der Waals surface area contributed by atoms with E-state index in [9.17, 15) is 9.90 Å². The Kier molecular flexibility index (Phi) is 6.39. The van der Waals surface area contributed by atoms with E-state index in [0.29, 0.717) is 28.6 Å². The Morgan fingerprint density at radius 3 is 1.89 bits per heavy atom. The summed E-state index contributed by atoms with van der Waals surface area (Å²) in [5.74, 6) is 0.684. The highest BCUT2D eigenvalue weighted by Crippen LogP contribution is 2.49. The maximum absolute atomic E-state index is 12.6. The summed E-state index contributed by atoms with van der Waals surface area (Å²) >= 11 is 0. The Balaban J connectivity index is 2.77. The third-order valence-corrected chi connectivity index (χ3v) is 4.28. The van der Waals surface area contributed by atoms with Crippen LogP contribution in [0.15, 0.2) is 24.3 Å². The minimum absolute atomic E-state index is 0.139. The van der Waals surface area contributed by atoms with Gasteiger partial charge in [-0.25, -0.2) is 0 Å². The molecule has 0 radical (unpaired) electrons. The molecule has 0 heterocycles. The minimum atomic E-state index is -0.806. The van der Waals surface area contributed by atoms with Crippen molar-refractivity contribution in [3.8, 4) is 34.5 Å². The molecule has 1 unspecified atom stereocenters. The number of hydrogen-bond donors (Lipinski definition) is 1. The number of phenolic OH excluding ortho intramolecular Hbond substituents is 1. The highest BCUT2D eigenvalue weighted by atomic mass is 16.5. The molecular formula is C20H24O7. The third kappa shape index (κ3) is 3.72. The van der Waals surface area contributed by atoms with Gasteiger partial charge in [0.15, 0.2) is 23.0 Å². The molecule has 0 saturated heterocycles. The van der Waals surface area contributed by atoms with E-state index in [-0.39, 0.29) is 22.8 Å². The third-order valence-electron chi connectivity index (χ3n) is 4.28. The molecule has 0 saturated carbocycles. The molecule has 2 rings (SSSR count). The van der Waals surface area contributed by atoms with Crippen LogP contribution in [0.3, 0.4) is 0 Å². The predicted octanol–water partition coefficient (Wildman–Crippen LogP) is 3.16. The van der Waals surface area contributed by atoms with Crippen molar-refractivity contribution >= 4 is 5.78 Å². The van der Waals surface area contributed by atoms with E-state index >= 15 is 0 Å². The Labute approximate surface area is 158 Å². The lowest BCUT2D eigenvalue weighted by Gasteiger charge is -2.23. The second-order valence-electron chi connectivity index (χ2n) is 5.74. The normalized spacial score (nSPS) is 11.5. The molecule has 0 aromatic heterocycles. The fraction of sp³-hybridized carbons (Fsp3) is 0.350. The fourth-order valence-corrected chi connectivity index (χ4v) is 3.08. The zero-order valence-corrected chi connectivity index (χ0v) is 16.3. The number of ether oxygens (including phenoxy) is 5. The van der Waals surface area contributed by atoms with Crippen LogP contribution in [-0.2, 0) is 4.79 Å². The average Bonchev–Trinajstić information content (AvgIpc) is 2.68. The molecule has 27 heavy (non-hydrogen) atoms. The van der Waals surface area contributed by atoms with Crippen molar-refractivity contribution in [3.63, 3.8) is 0 Å². The highest BCUT2D eigenvalue weighted by Gasteiger charge is 2.31. The molecule has 0 aliphatic carbocycles. The van der Waals surface area contributed by atoms with Gasteiger partial charge in [-0.2, -0.15) is 0 Å². The first-order valence-corrected chi connectivity index (χ1v) is 8.17. The Morgan fingerprint density at radius 2 is 1.41 bits per heavy atom. The van der Waals surface area contributed by atoms with Crippen LogP contribution < -0.4 is 23.7 Å². The van der Waals surface area contributed by atoms with Gasteiger partial charge in [-0.3, -0.25) is 4.79 Å². The summed E-state index contributed by atoms with van der Waals surface area (Å²) in [6.45, 7) is 1.44. The molecule has 0 spiro atoms. The second-order valence-corrected chi connectivity index (χ2v) is 5.74. The maximum Gasteiger partial charge on any atom is 0.203 e. The van der Waals surface area contributed by atoms with Crippen LogP contribution in [0.1, 0.15) is 24.0 Å². The van der Waals surface area contributed by atoms with Crippen molar-refractivity contribution in [1.29, 1.82) is 0 Å². The lowest BCUT2D eigenvalue weighted by atomic mass is 9.86. The van der Waals surface area contributed by atoms with E-state index in [1.54, 1.807) is 18.2 Å². The van der Waals surface area contributed by atoms with E-state index in [1.165, 1.54) is 48.5 Å². The van der Waals surface area contributed by atoms with Gasteiger partial charge in [0.25, 0.3) is 0 Å². The Bertz CT molecular complexity index is 830. The number of benzene rings is 2. The van der Waals surface area contributed by atoms with Gasteiger partial charge in [-0.05, 0) is 24.6 Å². The zero-order chi connectivity index (χ0) is 20.1. The van der Waals surface area contributed by atoms with Crippen LogP contribution in [0.5, 0.6) is 34.5 Å². The number of aromatic hydroxyl groups is 1. The van der Waals surface area contributed by atoms with Crippen LogP contribution in [0.2, 0.25) is 0 Å². The van der Waals surface area contributed by atoms with E-state index in [1.807, 2.05) is 0 Å². The van der Waals surface area contributed by atoms with Crippen molar-refractivity contribution in [3.05, 3.63) is 35.4 Å². The summed E-state index contributed by atoms with van der Waals surface area (Å²) < 4.78 is 26.7. The van der Waals surface area contributed by atoms with Gasteiger partial charge in [0.05, 0.1) is 47.0 Å². The molecule has 2 aromatic rings. The van der Waals surface area contributed by atoms with Crippen molar-refractivity contribution < 1.29 is 33.6 Å². The summed E-state index contributed by atoms with van der Waals surface area (Å²) in [4.78, 5) is 12.6. The van der Waals surface area contributed by atoms with Gasteiger partial charge in [0.2, 0.25) is 5.75 Å². The molecule has 1 N–H and O–H groups in total. The number of ketones is 1. The highest BCUT2D eigenvalue weighted by molar-refractivity contribution is 5.89. The molecule has 0 amide bonds. The van der Waals surface area contributed by atoms with Gasteiger partial charge < -0.3 is 28.8 Å². The lowest BCUT2D eigenvalue weighted by Crippen LogP contribution is -2.13. The smallest absolute Gasteiger partial charge is 0.203 e. The first kappa shape index (κ1) is 20.2. The van der Waals surface area contributed by atoms with Gasteiger partial charge in [-0.1, -0.05) is 6.07 Å². The molecule has 146 valence electrons. The largest absolute Gasteiger partial charge is 0.507 e. The molecule has 0 aliphatic heterocycles. The number of methoxy groups -OCH3 is 5. The number of Topliss-reactive ketones (excluding diaryl/α,β-unsaturated/α-hetero) is 1. The van der Waals surface area contributed by atoms with Crippen LogP contribution >= 0.6 is 0 Å². The van der Waals surface area contributed by atoms with Crippen LogP contribution in [0.4, 0.5) is 0 Å². The topological polar surface area (TPSA) is 83.5 Å². The molecular weight excluding hydrogens is 352 g/mol. The maximum atomic E-state index is 12.6. The summed E-state index contributed by atoms with van der Waals surface area (Å²) in [5, 5.41) is 10.6. The Morgan fingerprint density at radius 1 is 0.815 bits per heavy atom. The number of phenols is 1. The van der Waals surface area contributed by atoms with Gasteiger partial charge in [-0.15, -0.1) is 0 Å². The Hall–Kier alpha value is -3.09. The standard InChI is InChI=1S/C20H24O7/c1-11(21)17(12-7-8-14(23-2)15(9-12)24-3)18-13(22)10-16(25-4)19(26-5)20(18)27-6/h7-10,17,22H,1-6H3. The first-order valence-electron chi connectivity index (χ1n) is 8.17.